The van der Waals surface area contributed by atoms with Gasteiger partial charge in [-0.3, -0.25) is 0 Å². The van der Waals surface area contributed by atoms with Crippen molar-refractivity contribution in [2.24, 2.45) is 0 Å². The molecule has 0 bridgehead atoms. The third-order valence-electron chi connectivity index (χ3n) is 4.04. The van der Waals surface area contributed by atoms with Gasteiger partial charge in [-0.1, -0.05) is 6.07 Å². The number of anilines is 2. The second-order valence-electron chi connectivity index (χ2n) is 5.84. The van der Waals surface area contributed by atoms with E-state index in [4.69, 9.17) is 4.74 Å². The number of likely N-dealkylation sites (N-methyl/N-ethyl adjacent to an activating group) is 1. The third-order valence-corrected chi connectivity index (χ3v) is 4.04. The Morgan fingerprint density at radius 1 is 1.12 bits per heavy atom. The molecule has 0 radical (unpaired) electrons. The average Bonchev–Trinajstić information content (AvgIpc) is 2.62. The minimum absolute atomic E-state index is 0.582. The van der Waals surface area contributed by atoms with Crippen LogP contribution in [0.2, 0.25) is 0 Å². The van der Waals surface area contributed by atoms with Gasteiger partial charge in [0.05, 0.1) is 6.61 Å². The summed E-state index contributed by atoms with van der Waals surface area (Å²) in [6.07, 6.45) is 3.42. The van der Waals surface area contributed by atoms with E-state index in [1.807, 2.05) is 13.1 Å². The van der Waals surface area contributed by atoms with Gasteiger partial charge in [0.15, 0.2) is 0 Å². The third kappa shape index (κ3) is 4.32. The molecule has 0 atom stereocenters. The van der Waals surface area contributed by atoms with E-state index < -0.39 is 0 Å². The topological polar surface area (TPSA) is 66.4 Å². The van der Waals surface area contributed by atoms with Crippen molar-refractivity contribution in [2.45, 2.75) is 13.5 Å². The van der Waals surface area contributed by atoms with Gasteiger partial charge in [-0.25, -0.2) is 15.0 Å². The molecule has 0 aliphatic carbocycles. The van der Waals surface area contributed by atoms with Gasteiger partial charge in [0.25, 0.3) is 0 Å². The maximum absolute atomic E-state index is 5.38. The molecule has 2 aromatic rings. The molecule has 0 amide bonds. The molecule has 0 unspecified atom stereocenters. The van der Waals surface area contributed by atoms with Crippen LogP contribution in [-0.2, 0) is 6.54 Å². The number of ether oxygens (including phenoxy) is 1. The fourth-order valence-electron chi connectivity index (χ4n) is 2.60. The summed E-state index contributed by atoms with van der Waals surface area (Å²) in [6, 6.07) is 6.00. The van der Waals surface area contributed by atoms with Crippen LogP contribution < -0.4 is 15.0 Å². The van der Waals surface area contributed by atoms with E-state index in [2.05, 4.69) is 49.2 Å². The van der Waals surface area contributed by atoms with Crippen LogP contribution in [-0.4, -0.2) is 59.7 Å². The lowest BCUT2D eigenvalue weighted by atomic mass is 10.2. The molecule has 1 saturated heterocycles. The lowest BCUT2D eigenvalue weighted by molar-refractivity contribution is 0.312. The second kappa shape index (κ2) is 7.92. The molecule has 3 heterocycles. The van der Waals surface area contributed by atoms with Gasteiger partial charge in [-0.2, -0.15) is 0 Å². The van der Waals surface area contributed by atoms with E-state index in [0.717, 1.165) is 43.4 Å². The van der Waals surface area contributed by atoms with Gasteiger partial charge in [-0.15, -0.1) is 0 Å². The molecule has 0 saturated carbocycles. The van der Waals surface area contributed by atoms with Crippen molar-refractivity contribution in [3.8, 4) is 5.88 Å². The van der Waals surface area contributed by atoms with Crippen molar-refractivity contribution in [1.29, 1.82) is 0 Å². The zero-order chi connectivity index (χ0) is 16.8. The number of aromatic nitrogens is 3. The number of hydrogen-bond acceptors (Lipinski definition) is 7. The van der Waals surface area contributed by atoms with Gasteiger partial charge in [0.1, 0.15) is 18.0 Å². The van der Waals surface area contributed by atoms with Crippen LogP contribution in [0.5, 0.6) is 5.88 Å². The zero-order valence-corrected chi connectivity index (χ0v) is 14.3. The van der Waals surface area contributed by atoms with Crippen LogP contribution in [0.15, 0.2) is 30.7 Å². The summed E-state index contributed by atoms with van der Waals surface area (Å²) in [7, 11) is 2.16. The standard InChI is InChI=1S/C17H24N6O/c1-3-24-17-10-15(20-13-21-17)18-11-14-4-5-16(19-12-14)23-8-6-22(2)7-9-23/h4-5,10,12-13H,3,6-9,11H2,1-2H3,(H,18,20,21). The van der Waals surface area contributed by atoms with Crippen LogP contribution in [0.4, 0.5) is 11.6 Å². The molecule has 3 rings (SSSR count). The maximum Gasteiger partial charge on any atom is 0.218 e. The quantitative estimate of drug-likeness (QED) is 0.864. The Bertz CT molecular complexity index is 640. The van der Waals surface area contributed by atoms with Crippen molar-refractivity contribution >= 4 is 11.6 Å². The highest BCUT2D eigenvalue weighted by atomic mass is 16.5. The predicted octanol–water partition coefficient (Wildman–Crippen LogP) is 1.63. The number of nitrogens with zero attached hydrogens (tertiary/aromatic N) is 5. The summed E-state index contributed by atoms with van der Waals surface area (Å²) < 4.78 is 5.38. The monoisotopic (exact) mass is 328 g/mol. The van der Waals surface area contributed by atoms with Crippen molar-refractivity contribution in [2.75, 3.05) is 50.1 Å². The lowest BCUT2D eigenvalue weighted by Crippen LogP contribution is -2.44. The molecule has 1 aliphatic heterocycles. The first-order valence-electron chi connectivity index (χ1n) is 8.31. The fraction of sp³-hybridized carbons (Fsp3) is 0.471. The summed E-state index contributed by atoms with van der Waals surface area (Å²) in [5.74, 6) is 2.38. The van der Waals surface area contributed by atoms with Crippen molar-refractivity contribution < 1.29 is 4.74 Å². The molecule has 1 N–H and O–H groups in total. The Morgan fingerprint density at radius 2 is 1.96 bits per heavy atom. The lowest BCUT2D eigenvalue weighted by Gasteiger charge is -2.33. The molecule has 2 aromatic heterocycles. The minimum Gasteiger partial charge on any atom is -0.478 e. The van der Waals surface area contributed by atoms with Crippen LogP contribution >= 0.6 is 0 Å². The Kier molecular flexibility index (Phi) is 5.43. The smallest absolute Gasteiger partial charge is 0.218 e. The van der Waals surface area contributed by atoms with Crippen molar-refractivity contribution in [3.05, 3.63) is 36.3 Å². The molecule has 0 spiro atoms. The summed E-state index contributed by atoms with van der Waals surface area (Å²) in [4.78, 5) is 17.5. The number of nitrogens with one attached hydrogen (secondary N) is 1. The van der Waals surface area contributed by atoms with Gasteiger partial charge < -0.3 is 19.9 Å². The number of piperazine rings is 1. The summed E-state index contributed by atoms with van der Waals surface area (Å²) in [6.45, 7) is 7.42. The first-order valence-corrected chi connectivity index (χ1v) is 8.31. The van der Waals surface area contributed by atoms with Crippen LogP contribution in [0, 0.1) is 0 Å². The van der Waals surface area contributed by atoms with Crippen molar-refractivity contribution in [1.82, 2.24) is 19.9 Å². The molecular weight excluding hydrogens is 304 g/mol. The molecule has 1 aliphatic rings. The number of pyridine rings is 1. The first-order chi connectivity index (χ1) is 11.7. The highest BCUT2D eigenvalue weighted by molar-refractivity contribution is 5.42. The van der Waals surface area contributed by atoms with E-state index in [9.17, 15) is 0 Å². The molecule has 7 heteroatoms. The summed E-state index contributed by atoms with van der Waals surface area (Å²) in [5.41, 5.74) is 1.12. The fourth-order valence-corrected chi connectivity index (χ4v) is 2.60. The Hall–Kier alpha value is -2.41. The highest BCUT2D eigenvalue weighted by Gasteiger charge is 2.14. The molecule has 7 nitrogen and oxygen atoms in total. The van der Waals surface area contributed by atoms with Gasteiger partial charge in [0.2, 0.25) is 5.88 Å². The normalized spacial score (nSPS) is 15.3. The molecule has 24 heavy (non-hydrogen) atoms. The molecular formula is C17H24N6O. The van der Waals surface area contributed by atoms with Crippen LogP contribution in [0.25, 0.3) is 0 Å². The van der Waals surface area contributed by atoms with Gasteiger partial charge in [-0.05, 0) is 25.6 Å². The SMILES string of the molecule is CCOc1cc(NCc2ccc(N3CCN(C)CC3)nc2)ncn1. The van der Waals surface area contributed by atoms with Crippen LogP contribution in [0.3, 0.4) is 0 Å². The van der Waals surface area contributed by atoms with Crippen molar-refractivity contribution in [3.63, 3.8) is 0 Å². The average molecular weight is 328 g/mol. The van der Waals surface area contributed by atoms with E-state index in [1.165, 1.54) is 6.33 Å². The van der Waals surface area contributed by atoms with Gasteiger partial charge >= 0.3 is 0 Å². The number of rotatable bonds is 6. The molecule has 128 valence electrons. The van der Waals surface area contributed by atoms with E-state index >= 15 is 0 Å². The Morgan fingerprint density at radius 3 is 2.67 bits per heavy atom. The molecule has 0 aromatic carbocycles. The Labute approximate surface area is 142 Å². The second-order valence-corrected chi connectivity index (χ2v) is 5.84. The Balaban J connectivity index is 1.55. The maximum atomic E-state index is 5.38. The number of hydrogen-bond donors (Lipinski definition) is 1. The first kappa shape index (κ1) is 16.4. The largest absolute Gasteiger partial charge is 0.478 e. The van der Waals surface area contributed by atoms with Crippen LogP contribution in [0.1, 0.15) is 12.5 Å². The highest BCUT2D eigenvalue weighted by Crippen LogP contribution is 2.15. The van der Waals surface area contributed by atoms with Gasteiger partial charge in [0, 0.05) is 45.0 Å². The minimum atomic E-state index is 0.582. The van der Waals surface area contributed by atoms with E-state index in [0.29, 0.717) is 19.0 Å². The summed E-state index contributed by atoms with van der Waals surface area (Å²) in [5, 5.41) is 3.27. The zero-order valence-electron chi connectivity index (χ0n) is 14.3. The molecule has 1 fully saturated rings. The summed E-state index contributed by atoms with van der Waals surface area (Å²) >= 11 is 0. The van der Waals surface area contributed by atoms with E-state index in [1.54, 1.807) is 6.07 Å². The predicted molar refractivity (Wildman–Crippen MR) is 94.5 cm³/mol. The van der Waals surface area contributed by atoms with E-state index in [-0.39, 0.29) is 0 Å².